The van der Waals surface area contributed by atoms with Crippen LogP contribution in [0.25, 0.3) is 0 Å². The van der Waals surface area contributed by atoms with Gasteiger partial charge in [-0.05, 0) is 51.0 Å². The summed E-state index contributed by atoms with van der Waals surface area (Å²) in [6.45, 7) is 5.94. The summed E-state index contributed by atoms with van der Waals surface area (Å²) in [5, 5.41) is 0. The summed E-state index contributed by atoms with van der Waals surface area (Å²) in [5.41, 5.74) is 1.46. The van der Waals surface area contributed by atoms with Crippen LogP contribution in [0.3, 0.4) is 0 Å². The molecule has 5 nitrogen and oxygen atoms in total. The molecule has 1 aromatic carbocycles. The highest BCUT2D eigenvalue weighted by Crippen LogP contribution is 2.40. The fourth-order valence-electron chi connectivity index (χ4n) is 3.42. The van der Waals surface area contributed by atoms with Crippen LogP contribution in [0.5, 0.6) is 11.8 Å². The lowest BCUT2D eigenvalue weighted by Crippen LogP contribution is -2.36. The zero-order valence-electron chi connectivity index (χ0n) is 15.1. The Bertz CT molecular complexity index is 827. The summed E-state index contributed by atoms with van der Waals surface area (Å²) in [5.74, 6) is -0.215. The van der Waals surface area contributed by atoms with E-state index in [-0.39, 0.29) is 23.0 Å². The third-order valence-electron chi connectivity index (χ3n) is 4.56. The van der Waals surface area contributed by atoms with E-state index in [9.17, 15) is 9.59 Å². The van der Waals surface area contributed by atoms with Crippen molar-refractivity contribution in [3.05, 3.63) is 46.2 Å². The molecule has 0 amide bonds. The first-order valence-corrected chi connectivity index (χ1v) is 9.42. The Morgan fingerprint density at radius 3 is 2.35 bits per heavy atom. The molecule has 0 spiro atoms. The predicted molar refractivity (Wildman–Crippen MR) is 101 cm³/mol. The fraction of sp³-hybridized carbons (Fsp3) is 0.400. The number of ether oxygens (including phenoxy) is 1. The first kappa shape index (κ1) is 18.7. The lowest BCUT2D eigenvalue weighted by Gasteiger charge is -2.33. The number of hydrogen-bond acceptors (Lipinski definition) is 5. The van der Waals surface area contributed by atoms with Crippen LogP contribution in [0.15, 0.2) is 35.1 Å². The van der Waals surface area contributed by atoms with Gasteiger partial charge in [0.1, 0.15) is 23.2 Å². The maximum atomic E-state index is 12.7. The maximum Gasteiger partial charge on any atom is 0.321 e. The Balaban J connectivity index is 1.94. The van der Waals surface area contributed by atoms with E-state index >= 15 is 0 Å². The number of ketones is 2. The average molecular weight is 417 g/mol. The van der Waals surface area contributed by atoms with E-state index < -0.39 is 5.92 Å². The van der Waals surface area contributed by atoms with Crippen molar-refractivity contribution in [1.29, 1.82) is 0 Å². The molecule has 0 radical (unpaired) electrons. The SMILES string of the molecule is CCc1ccc(Oc2ncc(Br)cn2)cc1C1C(=O)CC(C)(C)CC1=O. The molecule has 0 bridgehead atoms. The van der Waals surface area contributed by atoms with Gasteiger partial charge in [-0.3, -0.25) is 9.59 Å². The molecule has 1 saturated carbocycles. The first-order valence-electron chi connectivity index (χ1n) is 8.63. The van der Waals surface area contributed by atoms with Crippen molar-refractivity contribution >= 4 is 27.5 Å². The Morgan fingerprint density at radius 1 is 1.15 bits per heavy atom. The molecule has 1 aliphatic rings. The number of aromatic nitrogens is 2. The zero-order valence-corrected chi connectivity index (χ0v) is 16.7. The molecule has 1 fully saturated rings. The van der Waals surface area contributed by atoms with Crippen molar-refractivity contribution < 1.29 is 14.3 Å². The third kappa shape index (κ3) is 4.01. The normalized spacial score (nSPS) is 17.4. The molecule has 2 aromatic rings. The van der Waals surface area contributed by atoms with Crippen molar-refractivity contribution in [3.8, 4) is 11.8 Å². The van der Waals surface area contributed by atoms with Crippen LogP contribution in [0, 0.1) is 5.41 Å². The van der Waals surface area contributed by atoms with E-state index in [2.05, 4.69) is 25.9 Å². The first-order chi connectivity index (χ1) is 12.3. The van der Waals surface area contributed by atoms with E-state index in [1.165, 1.54) is 0 Å². The van der Waals surface area contributed by atoms with E-state index in [1.807, 2.05) is 32.9 Å². The number of hydrogen-bond donors (Lipinski definition) is 0. The van der Waals surface area contributed by atoms with E-state index in [4.69, 9.17) is 4.74 Å². The van der Waals surface area contributed by atoms with Gasteiger partial charge in [-0.25, -0.2) is 9.97 Å². The topological polar surface area (TPSA) is 69.2 Å². The molecule has 1 aliphatic carbocycles. The fourth-order valence-corrected chi connectivity index (χ4v) is 3.63. The maximum absolute atomic E-state index is 12.7. The lowest BCUT2D eigenvalue weighted by molar-refractivity contribution is -0.135. The van der Waals surface area contributed by atoms with Gasteiger partial charge in [-0.1, -0.05) is 26.8 Å². The monoisotopic (exact) mass is 416 g/mol. The number of Topliss-reactive ketones (excluding diaryl/α,β-unsaturated/α-hetero) is 2. The lowest BCUT2D eigenvalue weighted by atomic mass is 9.69. The van der Waals surface area contributed by atoms with Crippen LogP contribution < -0.4 is 4.74 Å². The van der Waals surface area contributed by atoms with Crippen LogP contribution >= 0.6 is 15.9 Å². The molecule has 1 aromatic heterocycles. The summed E-state index contributed by atoms with van der Waals surface area (Å²) in [7, 11) is 0. The Kier molecular flexibility index (Phi) is 5.23. The van der Waals surface area contributed by atoms with Gasteiger partial charge in [-0.15, -0.1) is 0 Å². The minimum Gasteiger partial charge on any atom is -0.424 e. The molecule has 0 aliphatic heterocycles. The number of carbonyl (C=O) groups excluding carboxylic acids is 2. The highest BCUT2D eigenvalue weighted by molar-refractivity contribution is 9.10. The smallest absolute Gasteiger partial charge is 0.321 e. The van der Waals surface area contributed by atoms with Gasteiger partial charge in [0, 0.05) is 25.2 Å². The number of aryl methyl sites for hydroxylation is 1. The summed E-state index contributed by atoms with van der Waals surface area (Å²) in [6, 6.07) is 5.72. The van der Waals surface area contributed by atoms with E-state index in [0.717, 1.165) is 22.0 Å². The van der Waals surface area contributed by atoms with Crippen LogP contribution in [-0.2, 0) is 16.0 Å². The van der Waals surface area contributed by atoms with Crippen molar-refractivity contribution in [2.45, 2.75) is 46.0 Å². The number of rotatable bonds is 4. The largest absolute Gasteiger partial charge is 0.424 e. The summed E-state index contributed by atoms with van der Waals surface area (Å²) in [6.07, 6.45) is 4.76. The minimum absolute atomic E-state index is 0.0157. The summed E-state index contributed by atoms with van der Waals surface area (Å²) in [4.78, 5) is 33.6. The Morgan fingerprint density at radius 2 is 1.77 bits per heavy atom. The summed E-state index contributed by atoms with van der Waals surface area (Å²) < 4.78 is 6.47. The summed E-state index contributed by atoms with van der Waals surface area (Å²) >= 11 is 3.28. The highest BCUT2D eigenvalue weighted by Gasteiger charge is 2.41. The minimum atomic E-state index is -0.702. The second-order valence-electron chi connectivity index (χ2n) is 7.38. The van der Waals surface area contributed by atoms with E-state index in [0.29, 0.717) is 18.6 Å². The average Bonchev–Trinajstić information content (AvgIpc) is 2.55. The second kappa shape index (κ2) is 7.27. The molecule has 1 heterocycles. The molecule has 0 N–H and O–H groups in total. The standard InChI is InChI=1S/C20H21BrN2O3/c1-4-12-5-6-14(26-19-22-10-13(21)11-23-19)7-15(12)18-16(24)8-20(2,3)9-17(18)25/h5-7,10-11,18H,4,8-9H2,1-3H3. The number of carbonyl (C=O) groups is 2. The molecule has 26 heavy (non-hydrogen) atoms. The van der Waals surface area contributed by atoms with Crippen molar-refractivity contribution in [1.82, 2.24) is 9.97 Å². The molecular weight excluding hydrogens is 396 g/mol. The third-order valence-corrected chi connectivity index (χ3v) is 4.97. The predicted octanol–water partition coefficient (Wildman–Crippen LogP) is 4.64. The number of benzene rings is 1. The number of halogens is 1. The molecule has 0 saturated heterocycles. The molecule has 136 valence electrons. The van der Waals surface area contributed by atoms with Gasteiger partial charge in [0.25, 0.3) is 0 Å². The molecule has 6 heteroatoms. The van der Waals surface area contributed by atoms with Crippen molar-refractivity contribution in [2.24, 2.45) is 5.41 Å². The van der Waals surface area contributed by atoms with E-state index in [1.54, 1.807) is 18.5 Å². The van der Waals surface area contributed by atoms with Crippen LogP contribution in [0.1, 0.15) is 50.7 Å². The van der Waals surface area contributed by atoms with Crippen LogP contribution in [-0.4, -0.2) is 21.5 Å². The van der Waals surface area contributed by atoms with Gasteiger partial charge in [0.05, 0.1) is 4.47 Å². The molecule has 0 atom stereocenters. The Hall–Kier alpha value is -2.08. The molecule has 3 rings (SSSR count). The zero-order chi connectivity index (χ0) is 18.9. The van der Waals surface area contributed by atoms with Crippen LogP contribution in [0.2, 0.25) is 0 Å². The van der Waals surface area contributed by atoms with Crippen LogP contribution in [0.4, 0.5) is 0 Å². The van der Waals surface area contributed by atoms with Gasteiger partial charge in [-0.2, -0.15) is 0 Å². The Labute approximate surface area is 161 Å². The molecular formula is C20H21BrN2O3. The van der Waals surface area contributed by atoms with Crippen molar-refractivity contribution in [2.75, 3.05) is 0 Å². The highest BCUT2D eigenvalue weighted by atomic mass is 79.9. The van der Waals surface area contributed by atoms with Gasteiger partial charge < -0.3 is 4.74 Å². The van der Waals surface area contributed by atoms with Gasteiger partial charge in [0.15, 0.2) is 0 Å². The number of nitrogens with zero attached hydrogens (tertiary/aromatic N) is 2. The van der Waals surface area contributed by atoms with Gasteiger partial charge in [0.2, 0.25) is 0 Å². The quantitative estimate of drug-likeness (QED) is 0.679. The van der Waals surface area contributed by atoms with Crippen molar-refractivity contribution in [3.63, 3.8) is 0 Å². The van der Waals surface area contributed by atoms with Gasteiger partial charge >= 0.3 is 6.01 Å². The second-order valence-corrected chi connectivity index (χ2v) is 8.30. The molecule has 0 unspecified atom stereocenters.